The summed E-state index contributed by atoms with van der Waals surface area (Å²) in [4.78, 5) is 10.9. The van der Waals surface area contributed by atoms with E-state index in [4.69, 9.17) is 31.2 Å². The van der Waals surface area contributed by atoms with Gasteiger partial charge in [-0.05, 0) is 42.5 Å². The van der Waals surface area contributed by atoms with E-state index in [1.165, 1.54) is 6.33 Å². The molecule has 0 radical (unpaired) electrons. The molecule has 1 aromatic heterocycles. The van der Waals surface area contributed by atoms with E-state index in [9.17, 15) is 0 Å². The van der Waals surface area contributed by atoms with Gasteiger partial charge < -0.3 is 29.6 Å². The standard InChI is InChI=1S/C23H27N5O4S/c1-29-20-13-18-19(14-21(20)30-2)25-15-26-22(18)32-17-5-3-16(4-6-17)27-23(33)24-7-8-28-9-11-31-12-10-28/h3-6,13-15H,7-12H2,1-2H3,(H2,24,27,33). The van der Waals surface area contributed by atoms with Crippen LogP contribution in [-0.2, 0) is 4.74 Å². The van der Waals surface area contributed by atoms with E-state index in [1.807, 2.05) is 24.3 Å². The van der Waals surface area contributed by atoms with Crippen molar-refractivity contribution in [2.24, 2.45) is 0 Å². The van der Waals surface area contributed by atoms with Gasteiger partial charge >= 0.3 is 0 Å². The number of benzene rings is 2. The molecule has 4 rings (SSSR count). The van der Waals surface area contributed by atoms with E-state index >= 15 is 0 Å². The summed E-state index contributed by atoms with van der Waals surface area (Å²) < 4.78 is 22.1. The molecule has 0 spiro atoms. The summed E-state index contributed by atoms with van der Waals surface area (Å²) >= 11 is 5.40. The number of aromatic nitrogens is 2. The molecule has 2 aromatic carbocycles. The van der Waals surface area contributed by atoms with Gasteiger partial charge in [0.25, 0.3) is 0 Å². The second-order valence-electron chi connectivity index (χ2n) is 7.36. The number of ether oxygens (including phenoxy) is 4. The molecule has 33 heavy (non-hydrogen) atoms. The number of anilines is 1. The summed E-state index contributed by atoms with van der Waals surface area (Å²) in [6, 6.07) is 11.1. The van der Waals surface area contributed by atoms with Crippen molar-refractivity contribution in [3.63, 3.8) is 0 Å². The van der Waals surface area contributed by atoms with Crippen LogP contribution in [0.25, 0.3) is 10.9 Å². The number of thiocarbonyl (C=S) groups is 1. The topological polar surface area (TPSA) is 90.0 Å². The second kappa shape index (κ2) is 11.1. The summed E-state index contributed by atoms with van der Waals surface area (Å²) in [5, 5.41) is 7.74. The third-order valence-corrected chi connectivity index (χ3v) is 5.49. The van der Waals surface area contributed by atoms with Crippen molar-refractivity contribution in [3.8, 4) is 23.1 Å². The summed E-state index contributed by atoms with van der Waals surface area (Å²) in [5.74, 6) is 2.25. The zero-order valence-corrected chi connectivity index (χ0v) is 19.5. The van der Waals surface area contributed by atoms with Crippen LogP contribution in [0.5, 0.6) is 23.1 Å². The van der Waals surface area contributed by atoms with Gasteiger partial charge in [-0.3, -0.25) is 4.90 Å². The smallest absolute Gasteiger partial charge is 0.230 e. The lowest BCUT2D eigenvalue weighted by Gasteiger charge is -2.26. The number of nitrogens with one attached hydrogen (secondary N) is 2. The molecule has 3 aromatic rings. The molecule has 1 aliphatic heterocycles. The second-order valence-corrected chi connectivity index (χ2v) is 7.77. The van der Waals surface area contributed by atoms with Crippen LogP contribution >= 0.6 is 12.2 Å². The van der Waals surface area contributed by atoms with Crippen LogP contribution in [0.4, 0.5) is 5.69 Å². The minimum Gasteiger partial charge on any atom is -0.493 e. The fourth-order valence-electron chi connectivity index (χ4n) is 3.49. The van der Waals surface area contributed by atoms with Gasteiger partial charge in [0.15, 0.2) is 16.6 Å². The molecule has 0 saturated carbocycles. The molecular weight excluding hydrogens is 442 g/mol. The molecular formula is C23H27N5O4S. The van der Waals surface area contributed by atoms with Crippen LogP contribution in [0.2, 0.25) is 0 Å². The number of morpholine rings is 1. The number of hydrogen-bond donors (Lipinski definition) is 2. The lowest BCUT2D eigenvalue weighted by Crippen LogP contribution is -2.42. The van der Waals surface area contributed by atoms with Gasteiger partial charge in [-0.25, -0.2) is 9.97 Å². The summed E-state index contributed by atoms with van der Waals surface area (Å²) in [6.45, 7) is 5.23. The van der Waals surface area contributed by atoms with Gasteiger partial charge in [-0.1, -0.05) is 0 Å². The molecule has 0 amide bonds. The first kappa shape index (κ1) is 23.0. The average molecular weight is 470 g/mol. The summed E-state index contributed by atoms with van der Waals surface area (Å²) in [5.41, 5.74) is 1.56. The predicted molar refractivity (Wildman–Crippen MR) is 131 cm³/mol. The molecule has 1 aliphatic rings. The molecule has 2 heterocycles. The van der Waals surface area contributed by atoms with Crippen LogP contribution in [-0.4, -0.2) is 73.6 Å². The highest BCUT2D eigenvalue weighted by molar-refractivity contribution is 7.80. The molecule has 9 nitrogen and oxygen atoms in total. The first-order chi connectivity index (χ1) is 16.2. The maximum atomic E-state index is 6.02. The van der Waals surface area contributed by atoms with Crippen LogP contribution in [0.3, 0.4) is 0 Å². The Bertz CT molecular complexity index is 1090. The molecule has 0 unspecified atom stereocenters. The van der Waals surface area contributed by atoms with E-state index in [2.05, 4.69) is 25.5 Å². The Morgan fingerprint density at radius 1 is 1.06 bits per heavy atom. The normalized spacial score (nSPS) is 14.0. The average Bonchev–Trinajstić information content (AvgIpc) is 2.85. The molecule has 10 heteroatoms. The quantitative estimate of drug-likeness (QED) is 0.480. The molecule has 2 N–H and O–H groups in total. The Morgan fingerprint density at radius 3 is 2.52 bits per heavy atom. The minimum atomic E-state index is 0.432. The summed E-state index contributed by atoms with van der Waals surface area (Å²) in [7, 11) is 3.17. The van der Waals surface area contributed by atoms with Gasteiger partial charge in [0, 0.05) is 37.9 Å². The van der Waals surface area contributed by atoms with Gasteiger partial charge in [-0.2, -0.15) is 0 Å². The SMILES string of the molecule is COc1cc2ncnc(Oc3ccc(NC(=S)NCCN4CCOCC4)cc3)c2cc1OC. The van der Waals surface area contributed by atoms with Crippen molar-refractivity contribution in [2.75, 3.05) is 58.9 Å². The van der Waals surface area contributed by atoms with Crippen LogP contribution in [0.1, 0.15) is 0 Å². The lowest BCUT2D eigenvalue weighted by atomic mass is 10.2. The first-order valence-corrected chi connectivity index (χ1v) is 11.1. The van der Waals surface area contributed by atoms with E-state index in [0.717, 1.165) is 50.5 Å². The number of methoxy groups -OCH3 is 2. The molecule has 0 atom stereocenters. The predicted octanol–water partition coefficient (Wildman–Crippen LogP) is 3.06. The summed E-state index contributed by atoms with van der Waals surface area (Å²) in [6.07, 6.45) is 1.46. The van der Waals surface area contributed by atoms with Gasteiger partial charge in [-0.15, -0.1) is 0 Å². The fourth-order valence-corrected chi connectivity index (χ4v) is 3.71. The van der Waals surface area contributed by atoms with Gasteiger partial charge in [0.05, 0.1) is 38.3 Å². The molecule has 1 saturated heterocycles. The highest BCUT2D eigenvalue weighted by Crippen LogP contribution is 2.35. The van der Waals surface area contributed by atoms with E-state index in [1.54, 1.807) is 26.4 Å². The van der Waals surface area contributed by atoms with Crippen LogP contribution in [0.15, 0.2) is 42.7 Å². The fraction of sp³-hybridized carbons (Fsp3) is 0.348. The molecule has 0 bridgehead atoms. The van der Waals surface area contributed by atoms with Crippen molar-refractivity contribution < 1.29 is 18.9 Å². The van der Waals surface area contributed by atoms with Crippen molar-refractivity contribution in [1.82, 2.24) is 20.2 Å². The Kier molecular flexibility index (Phi) is 7.71. The van der Waals surface area contributed by atoms with Crippen molar-refractivity contribution in [3.05, 3.63) is 42.7 Å². The van der Waals surface area contributed by atoms with E-state index < -0.39 is 0 Å². The van der Waals surface area contributed by atoms with Crippen molar-refractivity contribution in [2.45, 2.75) is 0 Å². The number of fused-ring (bicyclic) bond motifs is 1. The largest absolute Gasteiger partial charge is 0.493 e. The number of hydrogen-bond acceptors (Lipinski definition) is 8. The molecule has 174 valence electrons. The first-order valence-electron chi connectivity index (χ1n) is 10.7. The van der Waals surface area contributed by atoms with E-state index in [-0.39, 0.29) is 0 Å². The molecule has 0 aliphatic carbocycles. The highest BCUT2D eigenvalue weighted by atomic mass is 32.1. The third kappa shape index (κ3) is 5.98. The Hall–Kier alpha value is -3.21. The Labute approximate surface area is 198 Å². The van der Waals surface area contributed by atoms with Crippen molar-refractivity contribution >= 4 is 33.9 Å². The number of nitrogens with zero attached hydrogens (tertiary/aromatic N) is 3. The monoisotopic (exact) mass is 469 g/mol. The minimum absolute atomic E-state index is 0.432. The van der Waals surface area contributed by atoms with Crippen LogP contribution < -0.4 is 24.8 Å². The van der Waals surface area contributed by atoms with Crippen molar-refractivity contribution in [1.29, 1.82) is 0 Å². The highest BCUT2D eigenvalue weighted by Gasteiger charge is 2.13. The Morgan fingerprint density at radius 2 is 1.79 bits per heavy atom. The van der Waals surface area contributed by atoms with Gasteiger partial charge in [0.2, 0.25) is 5.88 Å². The zero-order chi connectivity index (χ0) is 23.0. The lowest BCUT2D eigenvalue weighted by molar-refractivity contribution is 0.0389. The molecule has 1 fully saturated rings. The van der Waals surface area contributed by atoms with Crippen LogP contribution in [0, 0.1) is 0 Å². The third-order valence-electron chi connectivity index (χ3n) is 5.25. The maximum Gasteiger partial charge on any atom is 0.230 e. The number of rotatable bonds is 8. The Balaban J connectivity index is 1.35. The maximum absolute atomic E-state index is 6.02. The van der Waals surface area contributed by atoms with Gasteiger partial charge in [0.1, 0.15) is 12.1 Å². The van der Waals surface area contributed by atoms with E-state index in [0.29, 0.717) is 33.8 Å². The zero-order valence-electron chi connectivity index (χ0n) is 18.7.